The summed E-state index contributed by atoms with van der Waals surface area (Å²) in [6.45, 7) is 2.18. The van der Waals surface area contributed by atoms with Gasteiger partial charge in [-0.05, 0) is 85.4 Å². The van der Waals surface area contributed by atoms with Gasteiger partial charge in [-0.2, -0.15) is 0 Å². The second kappa shape index (κ2) is 6.14. The first-order valence-corrected chi connectivity index (χ1v) is 8.58. The number of halogens is 2. The van der Waals surface area contributed by atoms with Gasteiger partial charge < -0.3 is 4.90 Å². The molecule has 24 heavy (non-hydrogen) atoms. The standard InChI is InChI=1S/C21H21F2N/c1-24-10-8-15(9-11-24)20-13-19(14-2-4-16(22)5-3-14)18-7-6-17(23)12-21(18)20/h2-7,12-13,15,20H,8-11H2,1H3. The van der Waals surface area contributed by atoms with Crippen molar-refractivity contribution in [3.63, 3.8) is 0 Å². The number of likely N-dealkylation sites (tertiary alicyclic amines) is 1. The van der Waals surface area contributed by atoms with Crippen molar-refractivity contribution in [3.05, 3.63) is 76.9 Å². The van der Waals surface area contributed by atoms with Gasteiger partial charge in [0, 0.05) is 5.92 Å². The predicted octanol–water partition coefficient (Wildman–Crippen LogP) is 4.84. The molecule has 124 valence electrons. The summed E-state index contributed by atoms with van der Waals surface area (Å²) in [6, 6.07) is 11.7. The number of hydrogen-bond donors (Lipinski definition) is 0. The van der Waals surface area contributed by atoms with Crippen LogP contribution in [0.25, 0.3) is 5.57 Å². The zero-order chi connectivity index (χ0) is 16.7. The minimum atomic E-state index is -0.233. The van der Waals surface area contributed by atoms with Crippen molar-refractivity contribution >= 4 is 5.57 Å². The Bertz CT molecular complexity index is 771. The fraction of sp³-hybridized carbons (Fsp3) is 0.333. The highest BCUT2D eigenvalue weighted by Gasteiger charge is 2.32. The van der Waals surface area contributed by atoms with Crippen LogP contribution in [0.2, 0.25) is 0 Å². The number of nitrogens with zero attached hydrogens (tertiary/aromatic N) is 1. The lowest BCUT2D eigenvalue weighted by Gasteiger charge is -2.32. The minimum absolute atomic E-state index is 0.180. The molecule has 2 aliphatic rings. The van der Waals surface area contributed by atoms with Gasteiger partial charge in [0.25, 0.3) is 0 Å². The van der Waals surface area contributed by atoms with Crippen LogP contribution in [0, 0.1) is 17.6 Å². The quantitative estimate of drug-likeness (QED) is 0.764. The lowest BCUT2D eigenvalue weighted by atomic mass is 9.81. The average Bonchev–Trinajstić information content (AvgIpc) is 2.95. The molecule has 0 aromatic heterocycles. The Labute approximate surface area is 141 Å². The first-order valence-electron chi connectivity index (χ1n) is 8.58. The van der Waals surface area contributed by atoms with Gasteiger partial charge in [-0.3, -0.25) is 0 Å². The van der Waals surface area contributed by atoms with E-state index in [0.717, 1.165) is 48.2 Å². The fourth-order valence-corrected chi connectivity index (χ4v) is 4.07. The van der Waals surface area contributed by atoms with Crippen LogP contribution >= 0.6 is 0 Å². The molecule has 1 aliphatic heterocycles. The van der Waals surface area contributed by atoms with Crippen LogP contribution in [0.3, 0.4) is 0 Å². The fourth-order valence-electron chi connectivity index (χ4n) is 4.07. The van der Waals surface area contributed by atoms with Crippen molar-refractivity contribution in [1.82, 2.24) is 4.90 Å². The van der Waals surface area contributed by atoms with Gasteiger partial charge in [-0.15, -0.1) is 0 Å². The normalized spacial score (nSPS) is 21.6. The third-order valence-electron chi connectivity index (χ3n) is 5.44. The van der Waals surface area contributed by atoms with Crippen LogP contribution < -0.4 is 0 Å². The summed E-state index contributed by atoms with van der Waals surface area (Å²) < 4.78 is 27.1. The van der Waals surface area contributed by atoms with E-state index in [9.17, 15) is 8.78 Å². The Morgan fingerprint density at radius 3 is 2.29 bits per heavy atom. The molecule has 0 spiro atoms. The Morgan fingerprint density at radius 2 is 1.58 bits per heavy atom. The van der Waals surface area contributed by atoms with Crippen molar-refractivity contribution in [2.75, 3.05) is 20.1 Å². The van der Waals surface area contributed by atoms with E-state index in [0.29, 0.717) is 5.92 Å². The topological polar surface area (TPSA) is 3.24 Å². The molecule has 0 bridgehead atoms. The average molecular weight is 325 g/mol. The van der Waals surface area contributed by atoms with Crippen LogP contribution in [-0.4, -0.2) is 25.0 Å². The monoisotopic (exact) mass is 325 g/mol. The largest absolute Gasteiger partial charge is 0.306 e. The molecule has 3 heteroatoms. The second-order valence-corrected chi connectivity index (χ2v) is 6.99. The molecule has 4 rings (SSSR count). The molecular formula is C21H21F2N. The van der Waals surface area contributed by atoms with Crippen LogP contribution in [0.4, 0.5) is 8.78 Å². The van der Waals surface area contributed by atoms with E-state index in [1.54, 1.807) is 6.07 Å². The molecule has 1 unspecified atom stereocenters. The van der Waals surface area contributed by atoms with E-state index in [4.69, 9.17) is 0 Å². The van der Waals surface area contributed by atoms with Crippen molar-refractivity contribution in [2.45, 2.75) is 18.8 Å². The predicted molar refractivity (Wildman–Crippen MR) is 92.8 cm³/mol. The summed E-state index contributed by atoms with van der Waals surface area (Å²) in [6.07, 6.45) is 4.53. The van der Waals surface area contributed by atoms with Gasteiger partial charge in [-0.25, -0.2) is 8.78 Å². The molecule has 0 radical (unpaired) electrons. The van der Waals surface area contributed by atoms with Gasteiger partial charge in [0.2, 0.25) is 0 Å². The number of hydrogen-bond acceptors (Lipinski definition) is 1. The zero-order valence-electron chi connectivity index (χ0n) is 13.8. The first kappa shape index (κ1) is 15.5. The van der Waals surface area contributed by atoms with Crippen LogP contribution in [0.1, 0.15) is 35.4 Å². The van der Waals surface area contributed by atoms with Crippen molar-refractivity contribution < 1.29 is 8.78 Å². The van der Waals surface area contributed by atoms with Gasteiger partial charge in [0.05, 0.1) is 0 Å². The third-order valence-corrected chi connectivity index (χ3v) is 5.44. The van der Waals surface area contributed by atoms with Gasteiger partial charge in [-0.1, -0.05) is 24.3 Å². The zero-order valence-corrected chi connectivity index (χ0v) is 13.8. The summed E-state index contributed by atoms with van der Waals surface area (Å²) in [5.74, 6) is 0.383. The molecule has 0 amide bonds. The number of rotatable bonds is 2. The molecule has 1 atom stereocenters. The molecular weight excluding hydrogens is 304 g/mol. The molecule has 0 N–H and O–H groups in total. The van der Waals surface area contributed by atoms with Crippen molar-refractivity contribution in [1.29, 1.82) is 0 Å². The van der Waals surface area contributed by atoms with Gasteiger partial charge in [0.1, 0.15) is 11.6 Å². The van der Waals surface area contributed by atoms with Crippen LogP contribution in [0.5, 0.6) is 0 Å². The Kier molecular flexibility index (Phi) is 3.97. The number of benzene rings is 2. The maximum atomic E-state index is 13.9. The molecule has 2 aromatic rings. The van der Waals surface area contributed by atoms with E-state index in [-0.39, 0.29) is 17.6 Å². The lowest BCUT2D eigenvalue weighted by molar-refractivity contribution is 0.209. The van der Waals surface area contributed by atoms with E-state index in [1.165, 1.54) is 18.2 Å². The Balaban J connectivity index is 1.74. The highest BCUT2D eigenvalue weighted by atomic mass is 19.1. The molecule has 2 aromatic carbocycles. The summed E-state index contributed by atoms with van der Waals surface area (Å²) in [7, 11) is 2.15. The molecule has 1 nitrogen and oxygen atoms in total. The van der Waals surface area contributed by atoms with Crippen molar-refractivity contribution in [2.24, 2.45) is 5.92 Å². The van der Waals surface area contributed by atoms with E-state index >= 15 is 0 Å². The maximum Gasteiger partial charge on any atom is 0.123 e. The third kappa shape index (κ3) is 2.78. The second-order valence-electron chi connectivity index (χ2n) is 6.99. The molecule has 0 saturated carbocycles. The van der Waals surface area contributed by atoms with E-state index < -0.39 is 0 Å². The minimum Gasteiger partial charge on any atom is -0.306 e. The SMILES string of the molecule is CN1CCC(C2C=C(c3ccc(F)cc3)c3ccc(F)cc32)CC1. The number of allylic oxidation sites excluding steroid dienone is 1. The van der Waals surface area contributed by atoms with E-state index in [1.807, 2.05) is 18.2 Å². The van der Waals surface area contributed by atoms with Crippen molar-refractivity contribution in [3.8, 4) is 0 Å². The van der Waals surface area contributed by atoms with Crippen LogP contribution in [-0.2, 0) is 0 Å². The first-order chi connectivity index (χ1) is 11.6. The summed E-state index contributed by atoms with van der Waals surface area (Å²) >= 11 is 0. The highest BCUT2D eigenvalue weighted by Crippen LogP contribution is 2.45. The Hall–Kier alpha value is -2.00. The van der Waals surface area contributed by atoms with Gasteiger partial charge in [0.15, 0.2) is 0 Å². The Morgan fingerprint density at radius 1 is 0.917 bits per heavy atom. The molecule has 1 saturated heterocycles. The number of piperidine rings is 1. The van der Waals surface area contributed by atoms with Gasteiger partial charge >= 0.3 is 0 Å². The smallest absolute Gasteiger partial charge is 0.123 e. The summed E-state index contributed by atoms with van der Waals surface area (Å²) in [5, 5.41) is 0. The molecule has 1 fully saturated rings. The summed E-state index contributed by atoms with van der Waals surface area (Å²) in [4.78, 5) is 2.35. The van der Waals surface area contributed by atoms with Crippen LogP contribution in [0.15, 0.2) is 48.5 Å². The lowest BCUT2D eigenvalue weighted by Crippen LogP contribution is -2.32. The number of fused-ring (bicyclic) bond motifs is 1. The summed E-state index contributed by atoms with van der Waals surface area (Å²) in [5.41, 5.74) is 4.28. The molecule has 1 aliphatic carbocycles. The molecule has 1 heterocycles. The van der Waals surface area contributed by atoms with E-state index in [2.05, 4.69) is 18.0 Å². The highest BCUT2D eigenvalue weighted by molar-refractivity contribution is 5.85. The maximum absolute atomic E-state index is 13.9.